The van der Waals surface area contributed by atoms with Crippen LogP contribution in [0.3, 0.4) is 0 Å². The van der Waals surface area contributed by atoms with Crippen molar-refractivity contribution in [1.82, 2.24) is 4.72 Å². The Balaban J connectivity index is 2.99. The van der Waals surface area contributed by atoms with Crippen molar-refractivity contribution < 1.29 is 8.42 Å². The SMILES string of the molecule is CCCNS(=O)(=O)c1ccccc1NC(C)C(C)CN. The van der Waals surface area contributed by atoms with Gasteiger partial charge in [-0.05, 0) is 37.9 Å². The van der Waals surface area contributed by atoms with Gasteiger partial charge in [0.05, 0.1) is 5.69 Å². The first-order valence-corrected chi connectivity index (χ1v) is 8.46. The highest BCUT2D eigenvalue weighted by Gasteiger charge is 2.19. The minimum atomic E-state index is -3.47. The first kappa shape index (κ1) is 16.9. The van der Waals surface area contributed by atoms with Crippen LogP contribution in [0.5, 0.6) is 0 Å². The van der Waals surface area contributed by atoms with Gasteiger partial charge in [-0.1, -0.05) is 26.0 Å². The van der Waals surface area contributed by atoms with Crippen molar-refractivity contribution in [2.24, 2.45) is 11.7 Å². The van der Waals surface area contributed by atoms with Crippen molar-refractivity contribution in [2.45, 2.75) is 38.1 Å². The lowest BCUT2D eigenvalue weighted by Gasteiger charge is -2.22. The van der Waals surface area contributed by atoms with Gasteiger partial charge in [0.2, 0.25) is 10.0 Å². The highest BCUT2D eigenvalue weighted by atomic mass is 32.2. The summed E-state index contributed by atoms with van der Waals surface area (Å²) in [6.45, 7) is 6.95. The number of rotatable bonds is 8. The van der Waals surface area contributed by atoms with Gasteiger partial charge in [-0.25, -0.2) is 13.1 Å². The van der Waals surface area contributed by atoms with Gasteiger partial charge < -0.3 is 11.1 Å². The van der Waals surface area contributed by atoms with Gasteiger partial charge in [0.25, 0.3) is 0 Å². The summed E-state index contributed by atoms with van der Waals surface area (Å²) in [5.74, 6) is 0.259. The van der Waals surface area contributed by atoms with Gasteiger partial charge >= 0.3 is 0 Å². The van der Waals surface area contributed by atoms with Gasteiger partial charge in [0.1, 0.15) is 4.90 Å². The van der Waals surface area contributed by atoms with Gasteiger partial charge in [-0.2, -0.15) is 0 Å². The molecule has 0 saturated heterocycles. The molecule has 5 nitrogen and oxygen atoms in total. The summed E-state index contributed by atoms with van der Waals surface area (Å²) in [5, 5.41) is 3.24. The van der Waals surface area contributed by atoms with Crippen LogP contribution in [-0.2, 0) is 10.0 Å². The maximum Gasteiger partial charge on any atom is 0.242 e. The van der Waals surface area contributed by atoms with Gasteiger partial charge in [-0.3, -0.25) is 0 Å². The van der Waals surface area contributed by atoms with E-state index in [4.69, 9.17) is 5.73 Å². The lowest BCUT2D eigenvalue weighted by Crippen LogP contribution is -2.31. The molecule has 0 aromatic heterocycles. The third-order valence-electron chi connectivity index (χ3n) is 3.33. The molecule has 0 saturated carbocycles. The summed E-state index contributed by atoms with van der Waals surface area (Å²) < 4.78 is 27.1. The molecule has 114 valence electrons. The first-order valence-electron chi connectivity index (χ1n) is 6.97. The monoisotopic (exact) mass is 299 g/mol. The summed E-state index contributed by atoms with van der Waals surface area (Å²) in [6, 6.07) is 7.03. The van der Waals surface area contributed by atoms with E-state index in [1.54, 1.807) is 18.2 Å². The van der Waals surface area contributed by atoms with Crippen LogP contribution in [0.4, 0.5) is 5.69 Å². The summed E-state index contributed by atoms with van der Waals surface area (Å²) in [5.41, 5.74) is 6.26. The second-order valence-corrected chi connectivity index (χ2v) is 6.78. The van der Waals surface area contributed by atoms with Crippen LogP contribution < -0.4 is 15.8 Å². The van der Waals surface area contributed by atoms with Crippen LogP contribution in [0.1, 0.15) is 27.2 Å². The molecule has 0 aliphatic rings. The zero-order valence-corrected chi connectivity index (χ0v) is 13.2. The summed E-state index contributed by atoms with van der Waals surface area (Å²) in [7, 11) is -3.47. The van der Waals surface area contributed by atoms with Crippen LogP contribution in [0, 0.1) is 5.92 Å². The van der Waals surface area contributed by atoms with Crippen molar-refractivity contribution in [3.8, 4) is 0 Å². The third-order valence-corrected chi connectivity index (χ3v) is 4.85. The van der Waals surface area contributed by atoms with Crippen molar-refractivity contribution in [1.29, 1.82) is 0 Å². The summed E-state index contributed by atoms with van der Waals surface area (Å²) in [4.78, 5) is 0.282. The standard InChI is InChI=1S/C14H25N3O2S/c1-4-9-16-20(18,19)14-8-6-5-7-13(14)17-12(3)11(2)10-15/h5-8,11-12,16-17H,4,9-10,15H2,1-3H3. The maximum atomic E-state index is 12.3. The third kappa shape index (κ3) is 4.47. The number of para-hydroxylation sites is 1. The number of hydrogen-bond donors (Lipinski definition) is 3. The predicted molar refractivity (Wildman–Crippen MR) is 83.2 cm³/mol. The number of benzene rings is 1. The molecule has 2 unspecified atom stereocenters. The molecule has 0 spiro atoms. The topological polar surface area (TPSA) is 84.2 Å². The Kier molecular flexibility index (Phi) is 6.45. The Morgan fingerprint density at radius 2 is 1.90 bits per heavy atom. The van der Waals surface area contributed by atoms with Crippen molar-refractivity contribution in [3.05, 3.63) is 24.3 Å². The molecule has 1 aromatic rings. The van der Waals surface area contributed by atoms with E-state index in [0.717, 1.165) is 6.42 Å². The summed E-state index contributed by atoms with van der Waals surface area (Å²) in [6.07, 6.45) is 0.759. The Bertz CT molecular complexity index is 517. The molecule has 20 heavy (non-hydrogen) atoms. The molecule has 6 heteroatoms. The zero-order valence-electron chi connectivity index (χ0n) is 12.4. The molecule has 2 atom stereocenters. The lowest BCUT2D eigenvalue weighted by molar-refractivity contribution is 0.520. The fourth-order valence-corrected chi connectivity index (χ4v) is 3.03. The fraction of sp³-hybridized carbons (Fsp3) is 0.571. The number of anilines is 1. The number of nitrogens with two attached hydrogens (primary N) is 1. The highest BCUT2D eigenvalue weighted by molar-refractivity contribution is 7.89. The Labute approximate surface area is 122 Å². The predicted octanol–water partition coefficient (Wildman–Crippen LogP) is 1.77. The van der Waals surface area contributed by atoms with Crippen molar-refractivity contribution in [3.63, 3.8) is 0 Å². The van der Waals surface area contributed by atoms with E-state index in [0.29, 0.717) is 18.8 Å². The number of nitrogens with one attached hydrogen (secondary N) is 2. The average Bonchev–Trinajstić information content (AvgIpc) is 2.44. The van der Waals surface area contributed by atoms with E-state index in [9.17, 15) is 8.42 Å². The molecule has 0 heterocycles. The van der Waals surface area contributed by atoms with Crippen LogP contribution in [-0.4, -0.2) is 27.5 Å². The number of hydrogen-bond acceptors (Lipinski definition) is 4. The molecule has 0 aliphatic carbocycles. The molecule has 0 bridgehead atoms. The van der Waals surface area contributed by atoms with Crippen LogP contribution in [0.2, 0.25) is 0 Å². The molecule has 1 aromatic carbocycles. The fourth-order valence-electron chi connectivity index (χ4n) is 1.73. The molecular formula is C14H25N3O2S. The zero-order chi connectivity index (χ0) is 15.2. The van der Waals surface area contributed by atoms with Gasteiger partial charge in [-0.15, -0.1) is 0 Å². The highest BCUT2D eigenvalue weighted by Crippen LogP contribution is 2.22. The maximum absolute atomic E-state index is 12.3. The van der Waals surface area contributed by atoms with E-state index < -0.39 is 10.0 Å². The summed E-state index contributed by atoms with van der Waals surface area (Å²) >= 11 is 0. The first-order chi connectivity index (χ1) is 9.42. The Hall–Kier alpha value is -1.11. The van der Waals surface area contributed by atoms with E-state index in [1.165, 1.54) is 0 Å². The average molecular weight is 299 g/mol. The molecule has 0 aliphatic heterocycles. The largest absolute Gasteiger partial charge is 0.381 e. The Morgan fingerprint density at radius 3 is 2.50 bits per heavy atom. The van der Waals surface area contributed by atoms with Crippen molar-refractivity contribution in [2.75, 3.05) is 18.4 Å². The smallest absolute Gasteiger partial charge is 0.242 e. The second kappa shape index (κ2) is 7.61. The van der Waals surface area contributed by atoms with Gasteiger partial charge in [0, 0.05) is 12.6 Å². The number of sulfonamides is 1. The van der Waals surface area contributed by atoms with Crippen LogP contribution >= 0.6 is 0 Å². The quantitative estimate of drug-likeness (QED) is 0.683. The van der Waals surface area contributed by atoms with Crippen LogP contribution in [0.25, 0.3) is 0 Å². The minimum absolute atomic E-state index is 0.0996. The lowest BCUT2D eigenvalue weighted by atomic mass is 10.0. The Morgan fingerprint density at radius 1 is 1.25 bits per heavy atom. The molecule has 0 fully saturated rings. The molecule has 4 N–H and O–H groups in total. The van der Waals surface area contributed by atoms with Crippen molar-refractivity contribution >= 4 is 15.7 Å². The van der Waals surface area contributed by atoms with Crippen LogP contribution in [0.15, 0.2) is 29.2 Å². The molecule has 1 rings (SSSR count). The van der Waals surface area contributed by atoms with E-state index >= 15 is 0 Å². The molecule has 0 amide bonds. The van der Waals surface area contributed by atoms with E-state index in [1.807, 2.05) is 26.8 Å². The minimum Gasteiger partial charge on any atom is -0.381 e. The van der Waals surface area contributed by atoms with E-state index in [-0.39, 0.29) is 16.9 Å². The second-order valence-electron chi connectivity index (χ2n) is 5.04. The normalized spacial score (nSPS) is 14.8. The molecule has 0 radical (unpaired) electrons. The van der Waals surface area contributed by atoms with Gasteiger partial charge in [0.15, 0.2) is 0 Å². The van der Waals surface area contributed by atoms with E-state index in [2.05, 4.69) is 10.0 Å². The molecular weight excluding hydrogens is 274 g/mol.